The Morgan fingerprint density at radius 2 is 2.11 bits per heavy atom. The lowest BCUT2D eigenvalue weighted by molar-refractivity contribution is -0.122. The van der Waals surface area contributed by atoms with Crippen LogP contribution in [0.3, 0.4) is 0 Å². The number of carbonyl (C=O) groups is 2. The fourth-order valence-corrected chi connectivity index (χ4v) is 1.33. The van der Waals surface area contributed by atoms with Crippen molar-refractivity contribution in [3.05, 3.63) is 23.8 Å². The Balaban J connectivity index is 2.53. The molecule has 0 saturated heterocycles. The minimum atomic E-state index is -1.05. The van der Waals surface area contributed by atoms with E-state index in [2.05, 4.69) is 5.32 Å². The minimum Gasteiger partial charge on any atom is -0.478 e. The van der Waals surface area contributed by atoms with Gasteiger partial charge in [0.05, 0.1) is 17.9 Å². The molecular formula is C11H15N3O4. The van der Waals surface area contributed by atoms with Crippen LogP contribution in [-0.2, 0) is 9.53 Å². The molecule has 0 saturated carbocycles. The zero-order valence-electron chi connectivity index (χ0n) is 9.68. The lowest BCUT2D eigenvalue weighted by atomic mass is 10.1. The number of primary amides is 1. The van der Waals surface area contributed by atoms with Crippen LogP contribution in [-0.4, -0.2) is 36.7 Å². The van der Waals surface area contributed by atoms with Crippen molar-refractivity contribution in [3.8, 4) is 0 Å². The van der Waals surface area contributed by atoms with Crippen molar-refractivity contribution < 1.29 is 19.4 Å². The van der Waals surface area contributed by atoms with E-state index in [1.54, 1.807) is 0 Å². The summed E-state index contributed by atoms with van der Waals surface area (Å²) in [4.78, 5) is 21.3. The molecule has 0 heterocycles. The highest BCUT2D eigenvalue weighted by Gasteiger charge is 2.09. The van der Waals surface area contributed by atoms with E-state index in [0.29, 0.717) is 17.9 Å². The maximum Gasteiger partial charge on any atom is 0.337 e. The number of nitrogen functional groups attached to an aromatic ring is 1. The van der Waals surface area contributed by atoms with Gasteiger partial charge in [0.25, 0.3) is 0 Å². The fourth-order valence-electron chi connectivity index (χ4n) is 1.33. The second-order valence-corrected chi connectivity index (χ2v) is 3.56. The lowest BCUT2D eigenvalue weighted by Crippen LogP contribution is -2.21. The number of anilines is 2. The second kappa shape index (κ2) is 6.45. The van der Waals surface area contributed by atoms with Crippen LogP contribution in [0.4, 0.5) is 11.4 Å². The summed E-state index contributed by atoms with van der Waals surface area (Å²) in [5, 5.41) is 11.8. The van der Waals surface area contributed by atoms with Crippen LogP contribution in [0.5, 0.6) is 0 Å². The van der Waals surface area contributed by atoms with Gasteiger partial charge in [-0.1, -0.05) is 0 Å². The number of amides is 1. The molecule has 0 atom stereocenters. The Morgan fingerprint density at radius 3 is 2.72 bits per heavy atom. The summed E-state index contributed by atoms with van der Waals surface area (Å²) in [5.74, 6) is -1.60. The van der Waals surface area contributed by atoms with Gasteiger partial charge in [0.15, 0.2) is 0 Å². The lowest BCUT2D eigenvalue weighted by Gasteiger charge is -2.10. The van der Waals surface area contributed by atoms with Gasteiger partial charge in [-0.05, 0) is 18.2 Å². The van der Waals surface area contributed by atoms with Gasteiger partial charge in [0, 0.05) is 12.2 Å². The minimum absolute atomic E-state index is 0.124. The van der Waals surface area contributed by atoms with E-state index < -0.39 is 11.9 Å². The molecule has 0 aliphatic heterocycles. The molecule has 0 aromatic heterocycles. The maximum absolute atomic E-state index is 10.9. The molecule has 1 aromatic carbocycles. The Hall–Kier alpha value is -2.28. The Labute approximate surface area is 104 Å². The van der Waals surface area contributed by atoms with Gasteiger partial charge in [-0.15, -0.1) is 0 Å². The summed E-state index contributed by atoms with van der Waals surface area (Å²) in [6, 6.07) is 4.46. The summed E-state index contributed by atoms with van der Waals surface area (Å²) in [6.07, 6.45) is 0. The topological polar surface area (TPSA) is 128 Å². The van der Waals surface area contributed by atoms with Crippen molar-refractivity contribution in [3.63, 3.8) is 0 Å². The van der Waals surface area contributed by atoms with Gasteiger partial charge in [-0.3, -0.25) is 4.79 Å². The first-order valence-corrected chi connectivity index (χ1v) is 5.23. The average Bonchev–Trinajstić information content (AvgIpc) is 2.27. The van der Waals surface area contributed by atoms with Gasteiger partial charge >= 0.3 is 5.97 Å². The third kappa shape index (κ3) is 4.30. The van der Waals surface area contributed by atoms with Crippen molar-refractivity contribution >= 4 is 23.3 Å². The predicted molar refractivity (Wildman–Crippen MR) is 66.3 cm³/mol. The molecule has 1 aromatic rings. The number of carboxylic acid groups (broad SMARTS) is 1. The highest BCUT2D eigenvalue weighted by Crippen LogP contribution is 2.18. The number of rotatable bonds is 7. The number of nitrogens with one attached hydrogen (secondary N) is 1. The summed E-state index contributed by atoms with van der Waals surface area (Å²) in [5.41, 5.74) is 11.5. The van der Waals surface area contributed by atoms with Gasteiger partial charge < -0.3 is 26.6 Å². The van der Waals surface area contributed by atoms with Gasteiger partial charge in [0.1, 0.15) is 6.61 Å². The molecule has 1 rings (SSSR count). The normalized spacial score (nSPS) is 10.0. The second-order valence-electron chi connectivity index (χ2n) is 3.56. The third-order valence-electron chi connectivity index (χ3n) is 2.08. The Bertz CT molecular complexity index is 448. The predicted octanol–water partition coefficient (Wildman–Crippen LogP) is -0.119. The third-order valence-corrected chi connectivity index (χ3v) is 2.08. The summed E-state index contributed by atoms with van der Waals surface area (Å²) < 4.78 is 4.93. The van der Waals surface area contributed by atoms with Gasteiger partial charge in [-0.25, -0.2) is 4.79 Å². The van der Waals surface area contributed by atoms with Crippen LogP contribution in [0.15, 0.2) is 18.2 Å². The highest BCUT2D eigenvalue weighted by atomic mass is 16.5. The zero-order valence-corrected chi connectivity index (χ0v) is 9.68. The van der Waals surface area contributed by atoms with E-state index in [9.17, 15) is 9.59 Å². The van der Waals surface area contributed by atoms with E-state index in [0.717, 1.165) is 0 Å². The van der Waals surface area contributed by atoms with Crippen LogP contribution in [0, 0.1) is 0 Å². The number of carbonyl (C=O) groups excluding carboxylic acids is 1. The van der Waals surface area contributed by atoms with E-state index in [1.165, 1.54) is 18.2 Å². The molecule has 0 aliphatic carbocycles. The molecule has 18 heavy (non-hydrogen) atoms. The standard InChI is InChI=1S/C11H15N3O4/c12-7-1-2-8(11(16)17)9(5-7)14-3-4-18-6-10(13)15/h1-2,5,14H,3-4,6,12H2,(H2,13,15)(H,16,17). The van der Waals surface area contributed by atoms with Crippen molar-refractivity contribution in [2.45, 2.75) is 0 Å². The number of carboxylic acids is 1. The van der Waals surface area contributed by atoms with Crippen molar-refractivity contribution in [2.24, 2.45) is 5.73 Å². The monoisotopic (exact) mass is 253 g/mol. The van der Waals surface area contributed by atoms with E-state index in [4.69, 9.17) is 21.3 Å². The highest BCUT2D eigenvalue weighted by molar-refractivity contribution is 5.95. The molecule has 7 nitrogen and oxygen atoms in total. The molecule has 1 amide bonds. The van der Waals surface area contributed by atoms with Gasteiger partial charge in [0.2, 0.25) is 5.91 Å². The first-order chi connectivity index (χ1) is 8.50. The number of hydrogen-bond acceptors (Lipinski definition) is 5. The smallest absolute Gasteiger partial charge is 0.337 e. The molecule has 0 bridgehead atoms. The van der Waals surface area contributed by atoms with Crippen molar-refractivity contribution in [1.82, 2.24) is 0 Å². The first kappa shape index (κ1) is 13.8. The van der Waals surface area contributed by atoms with Crippen molar-refractivity contribution in [1.29, 1.82) is 0 Å². The molecule has 6 N–H and O–H groups in total. The van der Waals surface area contributed by atoms with E-state index in [-0.39, 0.29) is 18.8 Å². The summed E-state index contributed by atoms with van der Waals surface area (Å²) in [7, 11) is 0. The summed E-state index contributed by atoms with van der Waals surface area (Å²) >= 11 is 0. The summed E-state index contributed by atoms with van der Waals surface area (Å²) in [6.45, 7) is 0.415. The number of hydrogen-bond donors (Lipinski definition) is 4. The zero-order chi connectivity index (χ0) is 13.5. The molecule has 98 valence electrons. The maximum atomic E-state index is 10.9. The molecule has 7 heteroatoms. The van der Waals surface area contributed by atoms with Crippen molar-refractivity contribution in [2.75, 3.05) is 30.8 Å². The molecular weight excluding hydrogens is 238 g/mol. The first-order valence-electron chi connectivity index (χ1n) is 5.23. The van der Waals surface area contributed by atoms with Crippen LogP contribution >= 0.6 is 0 Å². The van der Waals surface area contributed by atoms with Crippen LogP contribution < -0.4 is 16.8 Å². The van der Waals surface area contributed by atoms with E-state index >= 15 is 0 Å². The Kier molecular flexibility index (Phi) is 4.94. The van der Waals surface area contributed by atoms with Crippen LogP contribution in [0.2, 0.25) is 0 Å². The SMILES string of the molecule is NC(=O)COCCNc1cc(N)ccc1C(=O)O. The average molecular weight is 253 g/mol. The molecule has 0 aliphatic rings. The number of nitrogens with two attached hydrogens (primary N) is 2. The number of benzene rings is 1. The van der Waals surface area contributed by atoms with Crippen LogP contribution in [0.1, 0.15) is 10.4 Å². The largest absolute Gasteiger partial charge is 0.478 e. The van der Waals surface area contributed by atoms with Crippen LogP contribution in [0.25, 0.3) is 0 Å². The quantitative estimate of drug-likeness (QED) is 0.396. The van der Waals surface area contributed by atoms with E-state index in [1.807, 2.05) is 0 Å². The molecule has 0 unspecified atom stereocenters. The Morgan fingerprint density at radius 1 is 1.39 bits per heavy atom. The number of ether oxygens (including phenoxy) is 1. The molecule has 0 radical (unpaired) electrons. The fraction of sp³-hybridized carbons (Fsp3) is 0.273. The molecule has 0 spiro atoms. The molecule has 0 fully saturated rings. The number of aromatic carboxylic acids is 1. The van der Waals surface area contributed by atoms with Gasteiger partial charge in [-0.2, -0.15) is 0 Å².